The van der Waals surface area contributed by atoms with E-state index in [9.17, 15) is 14.4 Å². The van der Waals surface area contributed by atoms with Gasteiger partial charge in [-0.15, -0.1) is 0 Å². The van der Waals surface area contributed by atoms with E-state index in [0.29, 0.717) is 0 Å². The molecule has 3 amide bonds. The van der Waals surface area contributed by atoms with Crippen molar-refractivity contribution in [2.45, 2.75) is 38.1 Å². The molecule has 2 rings (SSSR count). The molecule has 2 aliphatic rings. The second-order valence-electron chi connectivity index (χ2n) is 6.41. The number of carbonyl (C=O) groups excluding carboxylic acids is 3. The van der Waals surface area contributed by atoms with Gasteiger partial charge in [0.2, 0.25) is 0 Å². The third-order valence-electron chi connectivity index (χ3n) is 5.14. The number of rotatable bonds is 6. The normalized spacial score (nSPS) is 25.7. The number of imide groups is 1. The molecule has 1 saturated heterocycles. The molecule has 1 aliphatic heterocycles. The van der Waals surface area contributed by atoms with Crippen LogP contribution in [0.15, 0.2) is 37.0 Å². The topological polar surface area (TPSA) is 57.7 Å². The highest BCUT2D eigenvalue weighted by molar-refractivity contribution is 6.11. The maximum absolute atomic E-state index is 12.9. The molecule has 0 aromatic carbocycles. The molecule has 1 unspecified atom stereocenters. The Morgan fingerprint density at radius 2 is 1.96 bits per heavy atom. The van der Waals surface area contributed by atoms with E-state index in [1.165, 1.54) is 17.1 Å². The van der Waals surface area contributed by atoms with Crippen LogP contribution in [0.5, 0.6) is 0 Å². The second-order valence-corrected chi connectivity index (χ2v) is 6.41. The summed E-state index contributed by atoms with van der Waals surface area (Å²) in [4.78, 5) is 40.1. The first-order valence-corrected chi connectivity index (χ1v) is 7.95. The molecular formula is C18H24N2O3. The largest absolute Gasteiger partial charge is 0.327 e. The minimum Gasteiger partial charge on any atom is -0.313 e. The van der Waals surface area contributed by atoms with Crippen LogP contribution in [0.2, 0.25) is 0 Å². The number of urea groups is 1. The summed E-state index contributed by atoms with van der Waals surface area (Å²) in [6, 6.07) is -0.404. The minimum atomic E-state index is -0.841. The molecule has 0 N–H and O–H groups in total. The summed E-state index contributed by atoms with van der Waals surface area (Å²) in [5.41, 5.74) is -0.589. The molecule has 0 radical (unpaired) electrons. The molecular weight excluding hydrogens is 292 g/mol. The Bertz CT molecular complexity index is 587. The summed E-state index contributed by atoms with van der Waals surface area (Å²) in [7, 11) is 1.65. The first-order valence-electron chi connectivity index (χ1n) is 7.95. The lowest BCUT2D eigenvalue weighted by Gasteiger charge is -2.34. The molecule has 1 heterocycles. The standard InChI is InChI=1S/C18H24N2O3/c1-5-6-9-13(2)15(21)12-20-16(22)18(3,19(4)17(20)23)14-10-7-8-11-14/h5-6,9,14H,1-2,7-8,10-12H2,3-4H3/b9-6-. The lowest BCUT2D eigenvalue weighted by molar-refractivity contribution is -0.136. The van der Waals surface area contributed by atoms with E-state index in [0.717, 1.165) is 30.6 Å². The van der Waals surface area contributed by atoms with Crippen LogP contribution in [-0.4, -0.2) is 46.7 Å². The van der Waals surface area contributed by atoms with Crippen molar-refractivity contribution in [2.24, 2.45) is 5.92 Å². The number of likely N-dealkylation sites (N-methyl/N-ethyl adjacent to an activating group) is 1. The molecule has 0 bridgehead atoms. The number of amides is 3. The van der Waals surface area contributed by atoms with Crippen molar-refractivity contribution >= 4 is 17.7 Å². The zero-order valence-corrected chi connectivity index (χ0v) is 13.9. The first kappa shape index (κ1) is 17.2. The van der Waals surface area contributed by atoms with Gasteiger partial charge in [-0.05, 0) is 25.7 Å². The van der Waals surface area contributed by atoms with E-state index in [4.69, 9.17) is 0 Å². The smallest absolute Gasteiger partial charge is 0.313 e. The number of hydrogen-bond acceptors (Lipinski definition) is 3. The van der Waals surface area contributed by atoms with E-state index >= 15 is 0 Å². The van der Waals surface area contributed by atoms with Gasteiger partial charge >= 0.3 is 6.03 Å². The van der Waals surface area contributed by atoms with Crippen LogP contribution >= 0.6 is 0 Å². The highest BCUT2D eigenvalue weighted by Crippen LogP contribution is 2.41. The summed E-state index contributed by atoms with van der Waals surface area (Å²) in [5.74, 6) is -0.451. The maximum atomic E-state index is 12.9. The van der Waals surface area contributed by atoms with Gasteiger partial charge in [-0.25, -0.2) is 4.79 Å². The van der Waals surface area contributed by atoms with Gasteiger partial charge in [-0.3, -0.25) is 14.5 Å². The fourth-order valence-corrected chi connectivity index (χ4v) is 3.48. The Hall–Kier alpha value is -2.17. The first-order chi connectivity index (χ1) is 10.8. The number of Topliss-reactive ketones (excluding diaryl/α,β-unsaturated/α-hetero) is 1. The van der Waals surface area contributed by atoms with Crippen LogP contribution in [0.1, 0.15) is 32.6 Å². The molecule has 1 aliphatic carbocycles. The number of allylic oxidation sites excluding steroid dienone is 3. The Morgan fingerprint density at radius 3 is 2.52 bits per heavy atom. The Morgan fingerprint density at radius 1 is 1.35 bits per heavy atom. The molecule has 5 nitrogen and oxygen atoms in total. The number of nitrogens with zero attached hydrogens (tertiary/aromatic N) is 2. The van der Waals surface area contributed by atoms with E-state index in [1.807, 2.05) is 6.92 Å². The molecule has 5 heteroatoms. The predicted molar refractivity (Wildman–Crippen MR) is 88.7 cm³/mol. The molecule has 2 fully saturated rings. The van der Waals surface area contributed by atoms with Crippen LogP contribution in [0.25, 0.3) is 0 Å². The van der Waals surface area contributed by atoms with E-state index in [1.54, 1.807) is 13.1 Å². The third-order valence-corrected chi connectivity index (χ3v) is 5.14. The van der Waals surface area contributed by atoms with Crippen molar-refractivity contribution in [3.63, 3.8) is 0 Å². The van der Waals surface area contributed by atoms with E-state index < -0.39 is 11.6 Å². The van der Waals surface area contributed by atoms with Crippen molar-refractivity contribution < 1.29 is 14.4 Å². The molecule has 1 atom stereocenters. The third kappa shape index (κ3) is 2.87. The highest BCUT2D eigenvalue weighted by atomic mass is 16.2. The maximum Gasteiger partial charge on any atom is 0.327 e. The Balaban J connectivity index is 2.17. The van der Waals surface area contributed by atoms with Gasteiger partial charge < -0.3 is 4.90 Å². The van der Waals surface area contributed by atoms with Crippen LogP contribution in [0.3, 0.4) is 0 Å². The van der Waals surface area contributed by atoms with Crippen molar-refractivity contribution in [3.05, 3.63) is 37.0 Å². The van der Waals surface area contributed by atoms with Crippen molar-refractivity contribution in [1.82, 2.24) is 9.80 Å². The molecule has 0 aromatic heterocycles. The van der Waals surface area contributed by atoms with Gasteiger partial charge in [0.05, 0.1) is 6.54 Å². The molecule has 124 valence electrons. The molecule has 23 heavy (non-hydrogen) atoms. The van der Waals surface area contributed by atoms with Crippen LogP contribution in [0.4, 0.5) is 4.79 Å². The molecule has 0 spiro atoms. The number of ketones is 1. The van der Waals surface area contributed by atoms with E-state index in [2.05, 4.69) is 13.2 Å². The monoisotopic (exact) mass is 316 g/mol. The lowest BCUT2D eigenvalue weighted by atomic mass is 9.83. The number of carbonyl (C=O) groups is 3. The lowest BCUT2D eigenvalue weighted by Crippen LogP contribution is -2.50. The Labute approximate surface area is 137 Å². The van der Waals surface area contributed by atoms with Gasteiger partial charge in [0, 0.05) is 12.6 Å². The van der Waals surface area contributed by atoms with Crippen molar-refractivity contribution in [3.8, 4) is 0 Å². The average molecular weight is 316 g/mol. The van der Waals surface area contributed by atoms with Crippen molar-refractivity contribution in [1.29, 1.82) is 0 Å². The minimum absolute atomic E-state index is 0.160. The number of hydrogen-bond donors (Lipinski definition) is 0. The van der Waals surface area contributed by atoms with Gasteiger partial charge in [0.25, 0.3) is 5.91 Å². The molecule has 1 saturated carbocycles. The van der Waals surface area contributed by atoms with Crippen LogP contribution < -0.4 is 0 Å². The summed E-state index contributed by atoms with van der Waals surface area (Å²) in [6.07, 6.45) is 8.71. The average Bonchev–Trinajstić information content (AvgIpc) is 3.13. The predicted octanol–water partition coefficient (Wildman–Crippen LogP) is 2.70. The summed E-state index contributed by atoms with van der Waals surface area (Å²) in [6.45, 7) is 8.76. The van der Waals surface area contributed by atoms with Gasteiger partial charge in [0.15, 0.2) is 5.78 Å². The quantitative estimate of drug-likeness (QED) is 0.430. The molecule has 0 aromatic rings. The highest BCUT2D eigenvalue weighted by Gasteiger charge is 2.57. The zero-order chi connectivity index (χ0) is 17.2. The van der Waals surface area contributed by atoms with Crippen LogP contribution in [0, 0.1) is 5.92 Å². The summed E-state index contributed by atoms with van der Waals surface area (Å²) < 4.78 is 0. The Kier molecular flexibility index (Phi) is 4.88. The fourth-order valence-electron chi connectivity index (χ4n) is 3.48. The SMILES string of the molecule is C=C/C=C\C(=C)C(=O)CN1C(=O)N(C)C(C)(C2CCCC2)C1=O. The van der Waals surface area contributed by atoms with Gasteiger partial charge in [0.1, 0.15) is 5.54 Å². The fraction of sp³-hybridized carbons (Fsp3) is 0.500. The van der Waals surface area contributed by atoms with Crippen molar-refractivity contribution in [2.75, 3.05) is 13.6 Å². The van der Waals surface area contributed by atoms with Gasteiger partial charge in [-0.2, -0.15) is 0 Å². The van der Waals surface area contributed by atoms with E-state index in [-0.39, 0.29) is 29.7 Å². The van der Waals surface area contributed by atoms with Crippen LogP contribution in [-0.2, 0) is 9.59 Å². The zero-order valence-electron chi connectivity index (χ0n) is 13.9. The summed E-state index contributed by atoms with van der Waals surface area (Å²) in [5, 5.41) is 0. The second kappa shape index (κ2) is 6.52. The van der Waals surface area contributed by atoms with Gasteiger partial charge in [-0.1, -0.05) is 44.2 Å². The summed E-state index contributed by atoms with van der Waals surface area (Å²) >= 11 is 0.